The van der Waals surface area contributed by atoms with Gasteiger partial charge in [0.2, 0.25) is 5.78 Å². The molecule has 0 saturated carbocycles. The van der Waals surface area contributed by atoms with E-state index in [1.54, 1.807) is 18.4 Å². The van der Waals surface area contributed by atoms with Crippen LogP contribution >= 0.6 is 0 Å². The predicted octanol–water partition coefficient (Wildman–Crippen LogP) is 3.93. The number of ether oxygens (including phenoxy) is 3. The standard InChI is InChI=1S/C24H22O7/c1-29-14-8-4-6-12-17(14)23(27)20-19(21(12)25)22(26)13-7-5-9-15(18(13)24(20)28)31-16-10-2-3-11-30-16/h3-4,6,8,11,15-16,26,28H,2,5,7,9-10H2,1H3/t15-,16?/m0/s1. The van der Waals surface area contributed by atoms with Crippen molar-refractivity contribution < 1.29 is 34.0 Å². The molecule has 7 heteroatoms. The fourth-order valence-corrected chi connectivity index (χ4v) is 4.76. The normalized spacial score (nSPS) is 21.7. The Hall–Kier alpha value is -3.32. The molecule has 2 aromatic rings. The van der Waals surface area contributed by atoms with E-state index in [-0.39, 0.29) is 39.5 Å². The van der Waals surface area contributed by atoms with E-state index < -0.39 is 24.0 Å². The van der Waals surface area contributed by atoms with Crippen LogP contribution in [0.1, 0.15) is 74.8 Å². The van der Waals surface area contributed by atoms with Gasteiger partial charge >= 0.3 is 0 Å². The Morgan fingerprint density at radius 2 is 1.84 bits per heavy atom. The van der Waals surface area contributed by atoms with Crippen LogP contribution in [0.2, 0.25) is 0 Å². The minimum atomic E-state index is -0.557. The van der Waals surface area contributed by atoms with Gasteiger partial charge in [-0.2, -0.15) is 0 Å². The van der Waals surface area contributed by atoms with Crippen molar-refractivity contribution in [1.29, 1.82) is 0 Å². The molecule has 3 aliphatic rings. The molecule has 160 valence electrons. The molecule has 0 bridgehead atoms. The van der Waals surface area contributed by atoms with Gasteiger partial charge in [-0.05, 0) is 37.8 Å². The lowest BCUT2D eigenvalue weighted by Crippen LogP contribution is -2.27. The number of rotatable bonds is 3. The molecule has 2 N–H and O–H groups in total. The molecule has 1 aliphatic heterocycles. The second-order valence-corrected chi connectivity index (χ2v) is 7.91. The molecule has 0 saturated heterocycles. The lowest BCUT2D eigenvalue weighted by atomic mass is 9.77. The number of fused-ring (bicyclic) bond motifs is 3. The molecule has 2 aromatic carbocycles. The summed E-state index contributed by atoms with van der Waals surface area (Å²) in [5.41, 5.74) is 0.702. The fourth-order valence-electron chi connectivity index (χ4n) is 4.76. The molecular weight excluding hydrogens is 400 g/mol. The molecule has 0 radical (unpaired) electrons. The number of benzene rings is 2. The number of methoxy groups -OCH3 is 1. The smallest absolute Gasteiger partial charge is 0.202 e. The van der Waals surface area contributed by atoms with Crippen LogP contribution in [0.15, 0.2) is 30.5 Å². The molecule has 31 heavy (non-hydrogen) atoms. The van der Waals surface area contributed by atoms with Crippen LogP contribution in [0.5, 0.6) is 17.2 Å². The molecule has 1 unspecified atom stereocenters. The second-order valence-electron chi connectivity index (χ2n) is 7.91. The van der Waals surface area contributed by atoms with Gasteiger partial charge in [0, 0.05) is 23.1 Å². The molecule has 0 spiro atoms. The van der Waals surface area contributed by atoms with Crippen LogP contribution in [0.25, 0.3) is 0 Å². The van der Waals surface area contributed by atoms with Crippen molar-refractivity contribution in [2.75, 3.05) is 7.11 Å². The van der Waals surface area contributed by atoms with Crippen LogP contribution in [-0.4, -0.2) is 35.2 Å². The van der Waals surface area contributed by atoms with Crippen molar-refractivity contribution in [3.63, 3.8) is 0 Å². The van der Waals surface area contributed by atoms with E-state index in [1.807, 2.05) is 6.08 Å². The van der Waals surface area contributed by atoms with Gasteiger partial charge in [0.15, 0.2) is 12.1 Å². The number of phenols is 2. The summed E-state index contributed by atoms with van der Waals surface area (Å²) in [5.74, 6) is -1.39. The highest BCUT2D eigenvalue weighted by Gasteiger charge is 2.41. The molecule has 0 fully saturated rings. The first-order valence-corrected chi connectivity index (χ1v) is 10.4. The Labute approximate surface area is 178 Å². The van der Waals surface area contributed by atoms with Crippen LogP contribution < -0.4 is 4.74 Å². The quantitative estimate of drug-likeness (QED) is 0.617. The van der Waals surface area contributed by atoms with Gasteiger partial charge < -0.3 is 24.4 Å². The van der Waals surface area contributed by atoms with E-state index in [9.17, 15) is 19.8 Å². The summed E-state index contributed by atoms with van der Waals surface area (Å²) >= 11 is 0. The number of carbonyl (C=O) groups is 2. The van der Waals surface area contributed by atoms with Gasteiger partial charge in [0.05, 0.1) is 36.2 Å². The topological polar surface area (TPSA) is 102 Å². The Balaban J connectivity index is 1.67. The lowest BCUT2D eigenvalue weighted by Gasteiger charge is -2.33. The van der Waals surface area contributed by atoms with Gasteiger partial charge in [-0.3, -0.25) is 9.59 Å². The minimum Gasteiger partial charge on any atom is -0.507 e. The van der Waals surface area contributed by atoms with E-state index in [0.717, 1.165) is 6.42 Å². The second kappa shape index (κ2) is 7.42. The largest absolute Gasteiger partial charge is 0.507 e. The molecular formula is C24H22O7. The summed E-state index contributed by atoms with van der Waals surface area (Å²) < 4.78 is 16.9. The van der Waals surface area contributed by atoms with Gasteiger partial charge in [-0.15, -0.1) is 0 Å². The zero-order valence-corrected chi connectivity index (χ0v) is 17.0. The summed E-state index contributed by atoms with van der Waals surface area (Å²) in [5, 5.41) is 22.3. The number of aromatic hydroxyl groups is 2. The highest BCUT2D eigenvalue weighted by Crippen LogP contribution is 2.50. The van der Waals surface area contributed by atoms with Crippen molar-refractivity contribution in [3.05, 3.63) is 63.9 Å². The predicted molar refractivity (Wildman–Crippen MR) is 110 cm³/mol. The average molecular weight is 422 g/mol. The van der Waals surface area contributed by atoms with E-state index in [0.29, 0.717) is 36.8 Å². The van der Waals surface area contributed by atoms with Crippen molar-refractivity contribution in [3.8, 4) is 17.2 Å². The average Bonchev–Trinajstić information content (AvgIpc) is 2.80. The highest BCUT2D eigenvalue weighted by atomic mass is 16.7. The minimum absolute atomic E-state index is 0.0891. The van der Waals surface area contributed by atoms with Gasteiger partial charge in [0.25, 0.3) is 0 Å². The Bertz CT molecular complexity index is 1130. The zero-order valence-electron chi connectivity index (χ0n) is 17.0. The Kier molecular flexibility index (Phi) is 4.70. The molecule has 0 amide bonds. The number of allylic oxidation sites excluding steroid dienone is 1. The maximum atomic E-state index is 13.4. The number of hydrogen-bond donors (Lipinski definition) is 2. The first-order chi connectivity index (χ1) is 15.0. The van der Waals surface area contributed by atoms with Crippen molar-refractivity contribution in [2.24, 2.45) is 0 Å². The Morgan fingerprint density at radius 3 is 2.58 bits per heavy atom. The first-order valence-electron chi connectivity index (χ1n) is 10.4. The van der Waals surface area contributed by atoms with Crippen molar-refractivity contribution in [2.45, 2.75) is 44.5 Å². The maximum Gasteiger partial charge on any atom is 0.202 e. The molecule has 2 aliphatic carbocycles. The summed E-state index contributed by atoms with van der Waals surface area (Å²) in [6, 6.07) is 4.73. The number of hydrogen-bond acceptors (Lipinski definition) is 7. The lowest BCUT2D eigenvalue weighted by molar-refractivity contribution is -0.154. The number of carbonyl (C=O) groups excluding carboxylic acids is 2. The first kappa shape index (κ1) is 19.6. The molecule has 1 heterocycles. The molecule has 0 aromatic heterocycles. The van der Waals surface area contributed by atoms with Crippen molar-refractivity contribution >= 4 is 11.6 Å². The van der Waals surface area contributed by atoms with Crippen LogP contribution in [0.3, 0.4) is 0 Å². The maximum absolute atomic E-state index is 13.4. The highest BCUT2D eigenvalue weighted by molar-refractivity contribution is 6.31. The molecule has 2 atom stereocenters. The SMILES string of the molecule is COc1cccc2c1C(=O)c1c(O)c3c(c(O)c1C2=O)CCC[C@@H]3OC1CCC=CO1. The van der Waals surface area contributed by atoms with Crippen LogP contribution in [0.4, 0.5) is 0 Å². The van der Waals surface area contributed by atoms with Gasteiger partial charge in [-0.1, -0.05) is 12.1 Å². The van der Waals surface area contributed by atoms with E-state index >= 15 is 0 Å². The third-order valence-corrected chi connectivity index (χ3v) is 6.19. The van der Waals surface area contributed by atoms with Gasteiger partial charge in [0.1, 0.15) is 17.2 Å². The fraction of sp³-hybridized carbons (Fsp3) is 0.333. The molecule has 7 nitrogen and oxygen atoms in total. The van der Waals surface area contributed by atoms with E-state index in [1.165, 1.54) is 13.2 Å². The van der Waals surface area contributed by atoms with E-state index in [2.05, 4.69) is 0 Å². The Morgan fingerprint density at radius 1 is 1.03 bits per heavy atom. The summed E-state index contributed by atoms with van der Waals surface area (Å²) in [7, 11) is 1.41. The van der Waals surface area contributed by atoms with Crippen molar-refractivity contribution in [1.82, 2.24) is 0 Å². The zero-order chi connectivity index (χ0) is 21.7. The summed E-state index contributed by atoms with van der Waals surface area (Å²) in [6.45, 7) is 0. The van der Waals surface area contributed by atoms with E-state index in [4.69, 9.17) is 14.2 Å². The van der Waals surface area contributed by atoms with Gasteiger partial charge in [-0.25, -0.2) is 0 Å². The molecule has 5 rings (SSSR count). The number of phenolic OH excluding ortho intramolecular Hbond substituents is 2. The van der Waals surface area contributed by atoms with Crippen LogP contribution in [-0.2, 0) is 15.9 Å². The van der Waals surface area contributed by atoms with Crippen LogP contribution in [0, 0.1) is 0 Å². The third-order valence-electron chi connectivity index (χ3n) is 6.19. The monoisotopic (exact) mass is 422 g/mol. The third kappa shape index (κ3) is 2.91. The summed E-state index contributed by atoms with van der Waals surface area (Å²) in [4.78, 5) is 26.7. The number of ketones is 2. The summed E-state index contributed by atoms with van der Waals surface area (Å²) in [6.07, 6.45) is 5.73.